The predicted octanol–water partition coefficient (Wildman–Crippen LogP) is 2.20. The van der Waals surface area contributed by atoms with Crippen molar-refractivity contribution in [2.24, 2.45) is 0 Å². The van der Waals surface area contributed by atoms with Gasteiger partial charge in [-0.2, -0.15) is 0 Å². The first-order valence-electron chi connectivity index (χ1n) is 8.96. The molecular formula is C21H24O9S. The average molecular weight is 452 g/mol. The Bertz CT molecular complexity index is 1030. The Morgan fingerprint density at radius 1 is 0.903 bits per heavy atom. The number of esters is 1. The molecule has 10 heteroatoms. The monoisotopic (exact) mass is 452 g/mol. The van der Waals surface area contributed by atoms with Crippen molar-refractivity contribution in [1.29, 1.82) is 0 Å². The number of aliphatic hydroxyl groups is 1. The molecule has 1 N–H and O–H groups in total. The van der Waals surface area contributed by atoms with Crippen LogP contribution in [0.5, 0.6) is 28.7 Å². The Labute approximate surface area is 180 Å². The van der Waals surface area contributed by atoms with Crippen molar-refractivity contribution in [3.63, 3.8) is 0 Å². The highest BCUT2D eigenvalue weighted by Crippen LogP contribution is 2.35. The molecule has 0 aliphatic carbocycles. The van der Waals surface area contributed by atoms with Gasteiger partial charge >= 0.3 is 5.97 Å². The molecule has 2 rings (SSSR count). The molecule has 0 saturated carbocycles. The summed E-state index contributed by atoms with van der Waals surface area (Å²) in [6, 6.07) is 7.60. The van der Waals surface area contributed by atoms with E-state index >= 15 is 0 Å². The summed E-state index contributed by atoms with van der Waals surface area (Å²) in [6.45, 7) is -0.819. The summed E-state index contributed by atoms with van der Waals surface area (Å²) >= 11 is 0. The fourth-order valence-electron chi connectivity index (χ4n) is 2.69. The number of carbonyl (C=O) groups excluding carboxylic acids is 1. The van der Waals surface area contributed by atoms with Crippen molar-refractivity contribution >= 4 is 21.9 Å². The zero-order valence-corrected chi connectivity index (χ0v) is 18.4. The van der Waals surface area contributed by atoms with E-state index in [1.165, 1.54) is 52.7 Å². The zero-order valence-electron chi connectivity index (χ0n) is 17.6. The van der Waals surface area contributed by atoms with Gasteiger partial charge in [-0.3, -0.25) is 0 Å². The van der Waals surface area contributed by atoms with Gasteiger partial charge in [-0.1, -0.05) is 6.07 Å². The van der Waals surface area contributed by atoms with Gasteiger partial charge in [0.05, 0.1) is 39.8 Å². The lowest BCUT2D eigenvalue weighted by atomic mass is 10.1. The van der Waals surface area contributed by atoms with E-state index in [1.54, 1.807) is 12.1 Å². The van der Waals surface area contributed by atoms with Crippen LogP contribution in [0.1, 0.15) is 11.1 Å². The molecule has 9 nitrogen and oxygen atoms in total. The molecule has 0 radical (unpaired) electrons. The van der Waals surface area contributed by atoms with E-state index in [2.05, 4.69) is 0 Å². The highest BCUT2D eigenvalue weighted by atomic mass is 32.2. The van der Waals surface area contributed by atoms with Crippen LogP contribution in [0.2, 0.25) is 0 Å². The molecular weight excluding hydrogens is 428 g/mol. The van der Waals surface area contributed by atoms with Crippen LogP contribution in [0.3, 0.4) is 0 Å². The first kappa shape index (κ1) is 24.0. The van der Waals surface area contributed by atoms with Crippen LogP contribution >= 0.6 is 0 Å². The number of sulfone groups is 1. The van der Waals surface area contributed by atoms with E-state index in [0.717, 1.165) is 5.41 Å². The largest absolute Gasteiger partial charge is 0.496 e. The summed E-state index contributed by atoms with van der Waals surface area (Å²) in [5.74, 6) is 0.241. The van der Waals surface area contributed by atoms with Crippen LogP contribution in [0, 0.1) is 0 Å². The Balaban J connectivity index is 2.33. The van der Waals surface area contributed by atoms with Crippen molar-refractivity contribution in [1.82, 2.24) is 0 Å². The predicted molar refractivity (Wildman–Crippen MR) is 113 cm³/mol. The lowest BCUT2D eigenvalue weighted by Crippen LogP contribution is -2.13. The Kier molecular flexibility index (Phi) is 8.29. The maximum Gasteiger partial charge on any atom is 0.337 e. The van der Waals surface area contributed by atoms with E-state index in [9.17, 15) is 13.2 Å². The van der Waals surface area contributed by atoms with E-state index < -0.39 is 22.4 Å². The van der Waals surface area contributed by atoms with Crippen LogP contribution in [-0.4, -0.2) is 54.5 Å². The van der Waals surface area contributed by atoms with Gasteiger partial charge in [-0.15, -0.1) is 0 Å². The van der Waals surface area contributed by atoms with Crippen LogP contribution in [0.4, 0.5) is 0 Å². The van der Waals surface area contributed by atoms with Gasteiger partial charge in [0, 0.05) is 17.5 Å². The minimum absolute atomic E-state index is 0.0109. The molecule has 0 atom stereocenters. The quantitative estimate of drug-likeness (QED) is 0.427. The molecule has 0 bridgehead atoms. The first-order chi connectivity index (χ1) is 14.8. The van der Waals surface area contributed by atoms with E-state index in [4.69, 9.17) is 28.8 Å². The molecule has 0 aromatic heterocycles. The zero-order chi connectivity index (χ0) is 23.0. The topological polar surface area (TPSA) is 118 Å². The Hall–Kier alpha value is -3.24. The van der Waals surface area contributed by atoms with E-state index in [0.29, 0.717) is 28.4 Å². The third kappa shape index (κ3) is 6.37. The van der Waals surface area contributed by atoms with Gasteiger partial charge in [0.15, 0.2) is 21.3 Å². The number of methoxy groups -OCH3 is 4. The second-order valence-electron chi connectivity index (χ2n) is 6.17. The first-order valence-corrected chi connectivity index (χ1v) is 10.7. The van der Waals surface area contributed by atoms with Crippen molar-refractivity contribution in [3.8, 4) is 28.7 Å². The molecule has 0 fully saturated rings. The average Bonchev–Trinajstić information content (AvgIpc) is 2.76. The molecule has 2 aromatic rings. The van der Waals surface area contributed by atoms with Gasteiger partial charge in [-0.05, 0) is 23.8 Å². The SMILES string of the molecule is COc1cc(OC)c(/C=C/S(=O)(=O)Cc2ccc(OC)c(OC(=O)CO)c2)c(OC)c1. The van der Waals surface area contributed by atoms with Crippen LogP contribution in [-0.2, 0) is 20.4 Å². The molecule has 0 amide bonds. The molecule has 0 aliphatic heterocycles. The van der Waals surface area contributed by atoms with Crippen LogP contribution in [0.15, 0.2) is 35.7 Å². The van der Waals surface area contributed by atoms with Gasteiger partial charge in [0.2, 0.25) is 0 Å². The fraction of sp³-hybridized carbons (Fsp3) is 0.286. The van der Waals surface area contributed by atoms with Crippen molar-refractivity contribution in [2.45, 2.75) is 5.75 Å². The smallest absolute Gasteiger partial charge is 0.337 e. The number of aliphatic hydroxyl groups excluding tert-OH is 1. The number of hydrogen-bond acceptors (Lipinski definition) is 9. The minimum atomic E-state index is -3.72. The molecule has 0 unspecified atom stereocenters. The minimum Gasteiger partial charge on any atom is -0.496 e. The third-order valence-electron chi connectivity index (χ3n) is 4.14. The summed E-state index contributed by atoms with van der Waals surface area (Å²) in [7, 11) is 2.05. The van der Waals surface area contributed by atoms with Gasteiger partial charge in [0.25, 0.3) is 0 Å². The molecule has 0 saturated heterocycles. The lowest BCUT2D eigenvalue weighted by molar-refractivity contribution is -0.137. The summed E-state index contributed by atoms with van der Waals surface area (Å²) in [5, 5.41) is 9.91. The van der Waals surface area contributed by atoms with Crippen molar-refractivity contribution in [3.05, 3.63) is 46.9 Å². The number of ether oxygens (including phenoxy) is 5. The summed E-state index contributed by atoms with van der Waals surface area (Å²) < 4.78 is 51.2. The van der Waals surface area contributed by atoms with E-state index in [1.807, 2.05) is 0 Å². The summed E-state index contributed by atoms with van der Waals surface area (Å²) in [4.78, 5) is 11.4. The summed E-state index contributed by atoms with van der Waals surface area (Å²) in [6.07, 6.45) is 1.38. The third-order valence-corrected chi connectivity index (χ3v) is 5.43. The number of hydrogen-bond donors (Lipinski definition) is 1. The maximum absolute atomic E-state index is 12.7. The van der Waals surface area contributed by atoms with Crippen molar-refractivity contribution < 1.29 is 42.0 Å². The lowest BCUT2D eigenvalue weighted by Gasteiger charge is -2.12. The maximum atomic E-state index is 12.7. The summed E-state index contributed by atoms with van der Waals surface area (Å²) in [5.41, 5.74) is 0.793. The molecule has 0 heterocycles. The molecule has 0 spiro atoms. The molecule has 31 heavy (non-hydrogen) atoms. The molecule has 168 valence electrons. The normalized spacial score (nSPS) is 11.3. The number of rotatable bonds is 10. The standard InChI is InChI=1S/C21H24O9S/c1-26-15-10-18(28-3)16(19(11-15)29-4)7-8-31(24,25)13-14-5-6-17(27-2)20(9-14)30-21(23)12-22/h5-11,22H,12-13H2,1-4H3/b8-7+. The Morgan fingerprint density at radius 2 is 1.52 bits per heavy atom. The number of benzene rings is 2. The van der Waals surface area contributed by atoms with Crippen molar-refractivity contribution in [2.75, 3.05) is 35.0 Å². The second kappa shape index (κ2) is 10.7. The highest BCUT2D eigenvalue weighted by Gasteiger charge is 2.16. The van der Waals surface area contributed by atoms with Crippen LogP contribution < -0.4 is 23.7 Å². The Morgan fingerprint density at radius 3 is 2.03 bits per heavy atom. The molecule has 0 aliphatic rings. The van der Waals surface area contributed by atoms with Gasteiger partial charge in [0.1, 0.15) is 23.9 Å². The fourth-order valence-corrected chi connectivity index (χ4v) is 3.78. The molecule has 2 aromatic carbocycles. The van der Waals surface area contributed by atoms with Crippen LogP contribution in [0.25, 0.3) is 6.08 Å². The number of carbonyl (C=O) groups is 1. The van der Waals surface area contributed by atoms with E-state index in [-0.39, 0.29) is 17.3 Å². The van der Waals surface area contributed by atoms with Gasteiger partial charge < -0.3 is 28.8 Å². The highest BCUT2D eigenvalue weighted by molar-refractivity contribution is 7.93. The van der Waals surface area contributed by atoms with Gasteiger partial charge in [-0.25, -0.2) is 13.2 Å². The second-order valence-corrected chi connectivity index (χ2v) is 8.06.